The minimum atomic E-state index is -0.745. The number of nitrogens with one attached hydrogen (secondary N) is 1. The number of esters is 1. The summed E-state index contributed by atoms with van der Waals surface area (Å²) in [6.07, 6.45) is 3.55. The molecule has 2 unspecified atom stereocenters. The van der Waals surface area contributed by atoms with E-state index in [1.165, 1.54) is 12.5 Å². The van der Waals surface area contributed by atoms with Crippen molar-refractivity contribution in [1.82, 2.24) is 5.32 Å². The third-order valence-electron chi connectivity index (χ3n) is 4.87. The molecule has 2 rings (SSSR count). The smallest absolute Gasteiger partial charge is 0.407 e. The summed E-state index contributed by atoms with van der Waals surface area (Å²) in [4.78, 5) is 23.4. The molecule has 2 fully saturated rings. The second-order valence-corrected chi connectivity index (χ2v) is 7.20. The van der Waals surface area contributed by atoms with Crippen LogP contribution in [0.2, 0.25) is 0 Å². The number of rotatable bonds is 6. The van der Waals surface area contributed by atoms with Crippen LogP contribution < -0.4 is 5.32 Å². The predicted molar refractivity (Wildman–Crippen MR) is 89.2 cm³/mol. The molecule has 1 amide bonds. The molecule has 6 heteroatoms. The van der Waals surface area contributed by atoms with Crippen LogP contribution >= 0.6 is 0 Å². The lowest BCUT2D eigenvalue weighted by Crippen LogP contribution is -2.45. The van der Waals surface area contributed by atoms with Crippen LogP contribution in [0.1, 0.15) is 46.5 Å². The zero-order valence-electron chi connectivity index (χ0n) is 14.8. The van der Waals surface area contributed by atoms with Crippen LogP contribution in [0.25, 0.3) is 0 Å². The Bertz CT molecular complexity index is 464. The molecule has 0 aromatic heterocycles. The van der Waals surface area contributed by atoms with Gasteiger partial charge in [0.25, 0.3) is 0 Å². The Morgan fingerprint density at radius 1 is 1.46 bits per heavy atom. The van der Waals surface area contributed by atoms with E-state index in [9.17, 15) is 9.59 Å². The normalized spacial score (nSPS) is 33.2. The molecule has 0 spiro atoms. The molecule has 0 aromatic carbocycles. The van der Waals surface area contributed by atoms with Gasteiger partial charge in [-0.05, 0) is 30.6 Å². The second kappa shape index (κ2) is 8.51. The fraction of sp³-hybridized carbons (Fsp3) is 0.778. The lowest BCUT2D eigenvalue weighted by molar-refractivity contribution is -0.190. The van der Waals surface area contributed by atoms with Crippen LogP contribution in [0.5, 0.6) is 0 Å². The Morgan fingerprint density at radius 3 is 2.88 bits per heavy atom. The van der Waals surface area contributed by atoms with Gasteiger partial charge in [-0.15, -0.1) is 0 Å². The van der Waals surface area contributed by atoms with E-state index in [0.717, 1.165) is 12.8 Å². The average Bonchev–Trinajstić information content (AvgIpc) is 2.84. The van der Waals surface area contributed by atoms with Crippen molar-refractivity contribution in [2.45, 2.75) is 64.9 Å². The van der Waals surface area contributed by atoms with Crippen molar-refractivity contribution in [1.29, 1.82) is 0 Å². The Labute approximate surface area is 143 Å². The molecule has 1 N–H and O–H groups in total. The van der Waals surface area contributed by atoms with Gasteiger partial charge in [-0.2, -0.15) is 0 Å². The molecule has 0 bridgehead atoms. The molecule has 1 saturated carbocycles. The summed E-state index contributed by atoms with van der Waals surface area (Å²) < 4.78 is 16.4. The Hall–Kier alpha value is -1.56. The van der Waals surface area contributed by atoms with Crippen LogP contribution in [0.3, 0.4) is 0 Å². The monoisotopic (exact) mass is 339 g/mol. The van der Waals surface area contributed by atoms with Gasteiger partial charge in [0.05, 0.1) is 12.5 Å². The zero-order valence-corrected chi connectivity index (χ0v) is 14.8. The molecule has 0 radical (unpaired) electrons. The lowest BCUT2D eigenvalue weighted by Gasteiger charge is -2.38. The van der Waals surface area contributed by atoms with Gasteiger partial charge in [-0.1, -0.05) is 39.8 Å². The van der Waals surface area contributed by atoms with Crippen molar-refractivity contribution in [2.75, 3.05) is 6.61 Å². The Balaban J connectivity index is 1.97. The molecule has 2 aliphatic rings. The van der Waals surface area contributed by atoms with E-state index in [-0.39, 0.29) is 25.1 Å². The number of carbonyl (C=O) groups excluding carboxylic acids is 2. The van der Waals surface area contributed by atoms with Crippen molar-refractivity contribution >= 4 is 12.1 Å². The van der Waals surface area contributed by atoms with E-state index in [4.69, 9.17) is 14.2 Å². The maximum atomic E-state index is 11.7. The molecule has 0 aromatic rings. The third kappa shape index (κ3) is 4.97. The van der Waals surface area contributed by atoms with E-state index in [0.29, 0.717) is 17.8 Å². The van der Waals surface area contributed by atoms with E-state index >= 15 is 0 Å². The predicted octanol–water partition coefficient (Wildman–Crippen LogP) is 3.02. The van der Waals surface area contributed by atoms with E-state index in [1.807, 2.05) is 0 Å². The number of hydrogen-bond acceptors (Lipinski definition) is 5. The fourth-order valence-corrected chi connectivity index (χ4v) is 3.55. The molecular formula is C18H29NO5. The fourth-order valence-electron chi connectivity index (χ4n) is 3.55. The maximum absolute atomic E-state index is 11.7. The average molecular weight is 339 g/mol. The summed E-state index contributed by atoms with van der Waals surface area (Å²) >= 11 is 0. The Morgan fingerprint density at radius 2 is 2.21 bits per heavy atom. The molecule has 136 valence electrons. The van der Waals surface area contributed by atoms with Gasteiger partial charge in [0.1, 0.15) is 12.6 Å². The molecule has 24 heavy (non-hydrogen) atoms. The van der Waals surface area contributed by atoms with Gasteiger partial charge in [0, 0.05) is 0 Å². The molecule has 5 atom stereocenters. The zero-order chi connectivity index (χ0) is 17.7. The minimum absolute atomic E-state index is 0.0399. The van der Waals surface area contributed by atoms with Crippen LogP contribution in [-0.2, 0) is 19.0 Å². The number of amides is 1. The summed E-state index contributed by atoms with van der Waals surface area (Å²) in [6, 6.07) is -0.514. The van der Waals surface area contributed by atoms with Crippen LogP contribution in [0.4, 0.5) is 4.79 Å². The van der Waals surface area contributed by atoms with E-state index < -0.39 is 18.4 Å². The molecule has 1 saturated heterocycles. The van der Waals surface area contributed by atoms with Crippen molar-refractivity contribution < 1.29 is 23.8 Å². The van der Waals surface area contributed by atoms with Gasteiger partial charge in [0.15, 0.2) is 0 Å². The first-order chi connectivity index (χ1) is 11.4. The highest BCUT2D eigenvalue weighted by atomic mass is 16.7. The number of carbonyl (C=O) groups is 2. The van der Waals surface area contributed by atoms with E-state index in [2.05, 4.69) is 32.7 Å². The minimum Gasteiger partial charge on any atom is -0.445 e. The summed E-state index contributed by atoms with van der Waals surface area (Å²) in [5.41, 5.74) is 0. The maximum Gasteiger partial charge on any atom is 0.407 e. The number of alkyl carbamates (subject to hydrolysis) is 1. The number of ether oxygens (including phenoxy) is 3. The molecule has 1 heterocycles. The highest BCUT2D eigenvalue weighted by molar-refractivity contribution is 5.75. The van der Waals surface area contributed by atoms with E-state index in [1.54, 1.807) is 0 Å². The SMILES string of the molecule is C=CCOC(=O)NC1CC(=O)OC1O[C@H]1C[C@@H](C)CC[C@@H]1C(C)C. The van der Waals surface area contributed by atoms with Crippen LogP contribution in [0.15, 0.2) is 12.7 Å². The first kappa shape index (κ1) is 18.8. The first-order valence-corrected chi connectivity index (χ1v) is 8.79. The summed E-state index contributed by atoms with van der Waals surface area (Å²) in [7, 11) is 0. The third-order valence-corrected chi connectivity index (χ3v) is 4.87. The first-order valence-electron chi connectivity index (χ1n) is 8.79. The largest absolute Gasteiger partial charge is 0.445 e. The number of cyclic esters (lactones) is 1. The molecular weight excluding hydrogens is 310 g/mol. The molecule has 1 aliphatic heterocycles. The van der Waals surface area contributed by atoms with Gasteiger partial charge >= 0.3 is 12.1 Å². The van der Waals surface area contributed by atoms with Crippen molar-refractivity contribution in [3.8, 4) is 0 Å². The van der Waals surface area contributed by atoms with Crippen molar-refractivity contribution in [3.05, 3.63) is 12.7 Å². The topological polar surface area (TPSA) is 73.9 Å². The van der Waals surface area contributed by atoms with Crippen molar-refractivity contribution in [3.63, 3.8) is 0 Å². The van der Waals surface area contributed by atoms with Crippen LogP contribution in [0, 0.1) is 17.8 Å². The Kier molecular flexibility index (Phi) is 6.66. The van der Waals surface area contributed by atoms with Gasteiger partial charge in [-0.25, -0.2) is 4.79 Å². The number of hydrogen-bond donors (Lipinski definition) is 1. The summed E-state index contributed by atoms with van der Waals surface area (Å²) in [6.45, 7) is 10.2. The summed E-state index contributed by atoms with van der Waals surface area (Å²) in [5.74, 6) is 1.17. The van der Waals surface area contributed by atoms with Gasteiger partial charge < -0.3 is 19.5 Å². The van der Waals surface area contributed by atoms with Gasteiger partial charge in [-0.3, -0.25) is 4.79 Å². The van der Waals surface area contributed by atoms with Crippen LogP contribution in [-0.4, -0.2) is 37.1 Å². The van der Waals surface area contributed by atoms with Crippen molar-refractivity contribution in [2.24, 2.45) is 17.8 Å². The van der Waals surface area contributed by atoms with Gasteiger partial charge in [0.2, 0.25) is 6.29 Å². The highest BCUT2D eigenvalue weighted by Gasteiger charge is 2.41. The second-order valence-electron chi connectivity index (χ2n) is 7.20. The quantitative estimate of drug-likeness (QED) is 0.595. The highest BCUT2D eigenvalue weighted by Crippen LogP contribution is 2.37. The molecule has 1 aliphatic carbocycles. The standard InChI is InChI=1S/C18H29NO5/c1-5-8-22-18(21)19-14-10-16(20)24-17(14)23-15-9-12(4)6-7-13(15)11(2)3/h5,11-15,17H,1,6-10H2,2-4H3,(H,19,21)/t12-,13+,14?,15-,17?/m0/s1. The lowest BCUT2D eigenvalue weighted by atomic mass is 9.75. The summed E-state index contributed by atoms with van der Waals surface area (Å²) in [5, 5.41) is 2.66. The molecule has 6 nitrogen and oxygen atoms in total.